The molecule has 7 unspecified atom stereocenters. The second kappa shape index (κ2) is 6.44. The van der Waals surface area contributed by atoms with Crippen molar-refractivity contribution in [2.45, 2.75) is 73.3 Å². The van der Waals surface area contributed by atoms with Crippen LogP contribution in [0.1, 0.15) is 67.2 Å². The number of hydrogen-bond donors (Lipinski definition) is 2. The minimum absolute atomic E-state index is 0.0267. The Morgan fingerprint density at radius 2 is 1.70 bits per heavy atom. The Bertz CT molecular complexity index is 1150. The normalized spacial score (nSPS) is 47.1. The van der Waals surface area contributed by atoms with E-state index in [1.807, 2.05) is 26.0 Å². The molecule has 3 fully saturated rings. The number of rotatable bonds is 0. The molecule has 0 aliphatic heterocycles. The third-order valence-corrected chi connectivity index (χ3v) is 10.6. The monoisotopic (exact) mass is 450 g/mol. The van der Waals surface area contributed by atoms with Crippen molar-refractivity contribution < 1.29 is 24.6 Å². The average molecular weight is 451 g/mol. The average Bonchev–Trinajstić information content (AvgIpc) is 2.76. The molecule has 0 aromatic rings. The quantitative estimate of drug-likeness (QED) is 0.564. The zero-order chi connectivity index (χ0) is 24.3. The van der Waals surface area contributed by atoms with E-state index in [1.165, 1.54) is 0 Å². The Hall–Kier alpha value is -2.27. The van der Waals surface area contributed by atoms with Crippen LogP contribution in [0.3, 0.4) is 0 Å². The molecule has 0 aromatic heterocycles. The maximum absolute atomic E-state index is 14.1. The van der Waals surface area contributed by atoms with Gasteiger partial charge in [0.25, 0.3) is 0 Å². The lowest BCUT2D eigenvalue weighted by molar-refractivity contribution is -0.193. The number of aliphatic hydroxyl groups is 2. The summed E-state index contributed by atoms with van der Waals surface area (Å²) in [5.41, 5.74) is 0.911. The molecule has 5 aliphatic carbocycles. The third kappa shape index (κ3) is 2.39. The first-order valence-corrected chi connectivity index (χ1v) is 12.1. The van der Waals surface area contributed by atoms with Crippen molar-refractivity contribution in [1.82, 2.24) is 0 Å². The molecule has 0 spiro atoms. The standard InChI is InChI=1S/C28H34O5/c1-14-11-20-26(4,24(33)22(14)31)13-21(30)28(6)19-8-7-16-15(2)23(32)18(29)12-17(16)25(19,3)9-10-27(20,28)5/h7-8,12,14,20,24,32-33H,9-11,13H2,1-6H3. The van der Waals surface area contributed by atoms with E-state index >= 15 is 0 Å². The smallest absolute Gasteiger partial charge is 0.220 e. The molecule has 2 N–H and O–H groups in total. The number of allylic oxidation sites excluding steroid dienone is 7. The molecule has 3 saturated carbocycles. The number of aliphatic hydroxyl groups excluding tert-OH is 2. The van der Waals surface area contributed by atoms with Gasteiger partial charge in [-0.1, -0.05) is 39.8 Å². The number of carbonyl (C=O) groups excluding carboxylic acids is 3. The van der Waals surface area contributed by atoms with E-state index in [4.69, 9.17) is 0 Å². The second-order valence-corrected chi connectivity index (χ2v) is 12.0. The molecule has 5 rings (SSSR count). The van der Waals surface area contributed by atoms with E-state index in [0.717, 1.165) is 29.6 Å². The molecule has 0 amide bonds. The molecule has 5 aliphatic rings. The lowest BCUT2D eigenvalue weighted by Crippen LogP contribution is -2.68. The van der Waals surface area contributed by atoms with Gasteiger partial charge in [0, 0.05) is 28.7 Å². The second-order valence-electron chi connectivity index (χ2n) is 12.0. The van der Waals surface area contributed by atoms with Gasteiger partial charge in [-0.2, -0.15) is 0 Å². The summed E-state index contributed by atoms with van der Waals surface area (Å²) in [6.45, 7) is 11.9. The fourth-order valence-electron chi connectivity index (χ4n) is 8.26. The predicted molar refractivity (Wildman–Crippen MR) is 124 cm³/mol. The maximum atomic E-state index is 14.1. The summed E-state index contributed by atoms with van der Waals surface area (Å²) >= 11 is 0. The molecule has 0 bridgehead atoms. The molecular formula is C28H34O5. The van der Waals surface area contributed by atoms with Crippen molar-refractivity contribution in [2.24, 2.45) is 33.5 Å². The van der Waals surface area contributed by atoms with E-state index < -0.39 is 27.8 Å². The minimum atomic E-state index is -1.12. The highest BCUT2D eigenvalue weighted by atomic mass is 16.3. The Labute approximate surface area is 195 Å². The van der Waals surface area contributed by atoms with Gasteiger partial charge in [0.05, 0.1) is 5.41 Å². The Morgan fingerprint density at radius 1 is 1.03 bits per heavy atom. The van der Waals surface area contributed by atoms with Gasteiger partial charge in [-0.15, -0.1) is 0 Å². The Morgan fingerprint density at radius 3 is 2.36 bits per heavy atom. The highest BCUT2D eigenvalue weighted by Gasteiger charge is 2.71. The zero-order valence-electron chi connectivity index (χ0n) is 20.4. The van der Waals surface area contributed by atoms with Crippen molar-refractivity contribution >= 4 is 17.3 Å². The highest BCUT2D eigenvalue weighted by molar-refractivity contribution is 6.07. The van der Waals surface area contributed by atoms with Crippen LogP contribution in [0.4, 0.5) is 0 Å². The maximum Gasteiger partial charge on any atom is 0.220 e. The lowest BCUT2D eigenvalue weighted by atomic mass is 9.34. The van der Waals surface area contributed by atoms with E-state index in [0.29, 0.717) is 12.0 Å². The Balaban J connectivity index is 1.71. The number of Topliss-reactive ketones (excluding diaryl/α,β-unsaturated/α-hetero) is 2. The van der Waals surface area contributed by atoms with E-state index in [9.17, 15) is 24.6 Å². The van der Waals surface area contributed by atoms with Crippen LogP contribution in [0.15, 0.2) is 46.3 Å². The van der Waals surface area contributed by atoms with Crippen LogP contribution in [0.25, 0.3) is 0 Å². The van der Waals surface area contributed by atoms with Crippen molar-refractivity contribution in [2.75, 3.05) is 0 Å². The van der Waals surface area contributed by atoms with Gasteiger partial charge in [0.1, 0.15) is 11.9 Å². The van der Waals surface area contributed by atoms with E-state index in [2.05, 4.69) is 20.8 Å². The SMILES string of the molecule is CC1=C(O)C(=O)C=C2C1=CC=C1C2(C)CCC2(C)C3CC(C)C(=O)C(O)C3(C)CC(=O)C12C. The molecule has 0 radical (unpaired) electrons. The van der Waals surface area contributed by atoms with Gasteiger partial charge in [-0.3, -0.25) is 14.4 Å². The first-order valence-electron chi connectivity index (χ1n) is 12.1. The molecule has 0 saturated heterocycles. The van der Waals surface area contributed by atoms with Gasteiger partial charge >= 0.3 is 0 Å². The third-order valence-electron chi connectivity index (χ3n) is 10.6. The van der Waals surface area contributed by atoms with Crippen LogP contribution in [0, 0.1) is 33.5 Å². The van der Waals surface area contributed by atoms with Crippen LogP contribution in [-0.2, 0) is 14.4 Å². The van der Waals surface area contributed by atoms with Gasteiger partial charge in [-0.25, -0.2) is 0 Å². The summed E-state index contributed by atoms with van der Waals surface area (Å²) in [6, 6.07) is 0. The molecule has 33 heavy (non-hydrogen) atoms. The van der Waals surface area contributed by atoms with Gasteiger partial charge in [-0.05, 0) is 67.2 Å². The summed E-state index contributed by atoms with van der Waals surface area (Å²) in [4.78, 5) is 39.3. The van der Waals surface area contributed by atoms with Gasteiger partial charge in [0.15, 0.2) is 11.5 Å². The molecule has 5 heteroatoms. The topological polar surface area (TPSA) is 91.7 Å². The minimum Gasteiger partial charge on any atom is -0.504 e. The highest BCUT2D eigenvalue weighted by Crippen LogP contribution is 2.73. The predicted octanol–water partition coefficient (Wildman–Crippen LogP) is 4.57. The van der Waals surface area contributed by atoms with Crippen LogP contribution < -0.4 is 0 Å². The van der Waals surface area contributed by atoms with E-state index in [1.54, 1.807) is 13.0 Å². The van der Waals surface area contributed by atoms with Crippen LogP contribution >= 0.6 is 0 Å². The first-order chi connectivity index (χ1) is 15.2. The first kappa shape index (κ1) is 22.5. The molecule has 7 atom stereocenters. The summed E-state index contributed by atoms with van der Waals surface area (Å²) in [5, 5.41) is 21.3. The molecule has 176 valence electrons. The fraction of sp³-hybridized carbons (Fsp3) is 0.607. The van der Waals surface area contributed by atoms with E-state index in [-0.39, 0.29) is 41.4 Å². The van der Waals surface area contributed by atoms with Crippen molar-refractivity contribution in [3.8, 4) is 0 Å². The van der Waals surface area contributed by atoms with Gasteiger partial charge < -0.3 is 10.2 Å². The fourth-order valence-corrected chi connectivity index (χ4v) is 8.26. The van der Waals surface area contributed by atoms with Crippen LogP contribution in [0.5, 0.6) is 0 Å². The molecule has 5 nitrogen and oxygen atoms in total. The van der Waals surface area contributed by atoms with Crippen LogP contribution in [-0.4, -0.2) is 33.7 Å². The largest absolute Gasteiger partial charge is 0.504 e. The molecule has 0 heterocycles. The number of carbonyl (C=O) groups is 3. The Kier molecular flexibility index (Phi) is 4.39. The number of ketones is 3. The van der Waals surface area contributed by atoms with Gasteiger partial charge in [0.2, 0.25) is 5.78 Å². The number of hydrogen-bond acceptors (Lipinski definition) is 5. The summed E-state index contributed by atoms with van der Waals surface area (Å²) in [5.74, 6) is -0.882. The van der Waals surface area contributed by atoms with Crippen molar-refractivity contribution in [3.63, 3.8) is 0 Å². The summed E-state index contributed by atoms with van der Waals surface area (Å²) < 4.78 is 0. The molecule has 0 aromatic carbocycles. The van der Waals surface area contributed by atoms with Crippen molar-refractivity contribution in [3.05, 3.63) is 46.3 Å². The number of fused-ring (bicyclic) bond motifs is 7. The van der Waals surface area contributed by atoms with Crippen LogP contribution in [0.2, 0.25) is 0 Å². The zero-order valence-corrected chi connectivity index (χ0v) is 20.4. The van der Waals surface area contributed by atoms with Crippen molar-refractivity contribution in [1.29, 1.82) is 0 Å². The summed E-state index contributed by atoms with van der Waals surface area (Å²) in [6.07, 6.45) is 6.78. The summed E-state index contributed by atoms with van der Waals surface area (Å²) in [7, 11) is 0. The lowest BCUT2D eigenvalue weighted by Gasteiger charge is -2.68. The molecular weight excluding hydrogens is 416 g/mol.